The van der Waals surface area contributed by atoms with Crippen LogP contribution in [0.15, 0.2) is 0 Å². The van der Waals surface area contributed by atoms with Gasteiger partial charge in [-0.2, -0.15) is 4.31 Å². The van der Waals surface area contributed by atoms with Gasteiger partial charge < -0.3 is 4.74 Å². The van der Waals surface area contributed by atoms with Crippen molar-refractivity contribution < 1.29 is 21.6 Å². The van der Waals surface area contributed by atoms with Crippen LogP contribution in [0, 0.1) is 0 Å². The maximum atomic E-state index is 12.1. The monoisotopic (exact) mass is 269 g/mol. The first-order valence-electron chi connectivity index (χ1n) is 5.19. The van der Waals surface area contributed by atoms with Crippen LogP contribution in [0.5, 0.6) is 0 Å². The van der Waals surface area contributed by atoms with Gasteiger partial charge in [0.15, 0.2) is 9.84 Å². The average Bonchev–Trinajstić information content (AvgIpc) is 2.61. The molecule has 1 unspecified atom stereocenters. The molecule has 0 N–H and O–H groups in total. The van der Waals surface area contributed by atoms with Crippen molar-refractivity contribution in [3.8, 4) is 0 Å². The number of rotatable bonds is 2. The summed E-state index contributed by atoms with van der Waals surface area (Å²) in [7, 11) is -6.61. The molecule has 2 aliphatic heterocycles. The Morgan fingerprint density at radius 3 is 2.31 bits per heavy atom. The van der Waals surface area contributed by atoms with Crippen molar-refractivity contribution in [2.45, 2.75) is 11.7 Å². The molecule has 2 fully saturated rings. The van der Waals surface area contributed by atoms with Crippen molar-refractivity contribution in [1.82, 2.24) is 4.31 Å². The molecule has 0 aromatic rings. The molecule has 0 aliphatic carbocycles. The van der Waals surface area contributed by atoms with Crippen molar-refractivity contribution in [2.75, 3.05) is 37.8 Å². The fourth-order valence-corrected chi connectivity index (χ4v) is 6.51. The van der Waals surface area contributed by atoms with Gasteiger partial charge in [-0.3, -0.25) is 0 Å². The van der Waals surface area contributed by atoms with Gasteiger partial charge in [-0.15, -0.1) is 0 Å². The zero-order valence-corrected chi connectivity index (χ0v) is 10.5. The lowest BCUT2D eigenvalue weighted by molar-refractivity contribution is 0.0727. The van der Waals surface area contributed by atoms with Gasteiger partial charge in [0.25, 0.3) is 0 Å². The van der Waals surface area contributed by atoms with Gasteiger partial charge in [0.2, 0.25) is 10.0 Å². The third kappa shape index (κ3) is 2.39. The predicted molar refractivity (Wildman–Crippen MR) is 58.4 cm³/mol. The van der Waals surface area contributed by atoms with Gasteiger partial charge in [-0.05, 0) is 6.42 Å². The summed E-state index contributed by atoms with van der Waals surface area (Å²) in [4.78, 5) is 0. The number of hydrogen-bond acceptors (Lipinski definition) is 5. The first-order valence-corrected chi connectivity index (χ1v) is 8.51. The van der Waals surface area contributed by atoms with E-state index in [1.165, 1.54) is 4.31 Å². The summed E-state index contributed by atoms with van der Waals surface area (Å²) in [5.74, 6) is -0.242. The van der Waals surface area contributed by atoms with E-state index >= 15 is 0 Å². The molecule has 16 heavy (non-hydrogen) atoms. The van der Waals surface area contributed by atoms with Crippen molar-refractivity contribution in [3.63, 3.8) is 0 Å². The maximum Gasteiger partial charge on any atom is 0.218 e. The summed E-state index contributed by atoms with van der Waals surface area (Å²) in [6.07, 6.45) is 0.224. The highest BCUT2D eigenvalue weighted by Crippen LogP contribution is 2.22. The third-order valence-electron chi connectivity index (χ3n) is 2.94. The van der Waals surface area contributed by atoms with Gasteiger partial charge in [-0.25, -0.2) is 16.8 Å². The molecule has 2 aliphatic rings. The number of morpholine rings is 1. The minimum Gasteiger partial charge on any atom is -0.379 e. The Kier molecular flexibility index (Phi) is 3.26. The quantitative estimate of drug-likeness (QED) is 0.631. The van der Waals surface area contributed by atoms with E-state index in [0.29, 0.717) is 26.3 Å². The average molecular weight is 269 g/mol. The van der Waals surface area contributed by atoms with Crippen molar-refractivity contribution >= 4 is 19.9 Å². The molecule has 0 aromatic heterocycles. The fourth-order valence-electron chi connectivity index (χ4n) is 2.01. The number of hydrogen-bond donors (Lipinski definition) is 0. The second kappa shape index (κ2) is 4.25. The van der Waals surface area contributed by atoms with E-state index in [9.17, 15) is 16.8 Å². The highest BCUT2D eigenvalue weighted by molar-refractivity contribution is 7.95. The zero-order valence-electron chi connectivity index (χ0n) is 8.83. The molecule has 0 aromatic carbocycles. The van der Waals surface area contributed by atoms with Crippen molar-refractivity contribution in [2.24, 2.45) is 0 Å². The molecule has 94 valence electrons. The van der Waals surface area contributed by atoms with Crippen molar-refractivity contribution in [1.29, 1.82) is 0 Å². The van der Waals surface area contributed by atoms with Gasteiger partial charge in [0.1, 0.15) is 0 Å². The maximum absolute atomic E-state index is 12.1. The fraction of sp³-hybridized carbons (Fsp3) is 1.00. The summed E-state index contributed by atoms with van der Waals surface area (Å²) in [6.45, 7) is 1.44. The molecule has 2 saturated heterocycles. The lowest BCUT2D eigenvalue weighted by Gasteiger charge is -2.28. The Balaban J connectivity index is 2.13. The van der Waals surface area contributed by atoms with Crippen LogP contribution < -0.4 is 0 Å². The predicted octanol–water partition coefficient (Wildman–Crippen LogP) is -1.16. The second-order valence-corrected chi connectivity index (χ2v) is 8.52. The standard InChI is InChI=1S/C8H15NO5S2/c10-15(11)6-1-8(7-15)16(12,13)9-2-4-14-5-3-9/h8H,1-7H2. The number of nitrogens with zero attached hydrogens (tertiary/aromatic N) is 1. The Labute approximate surface area is 95.5 Å². The zero-order chi connectivity index (χ0) is 11.8. The van der Waals surface area contributed by atoms with Crippen molar-refractivity contribution in [3.05, 3.63) is 0 Å². The number of sulfonamides is 1. The molecule has 8 heteroatoms. The van der Waals surface area contributed by atoms with E-state index in [0.717, 1.165) is 0 Å². The summed E-state index contributed by atoms with van der Waals surface area (Å²) in [5.41, 5.74) is 0. The first-order chi connectivity index (χ1) is 7.42. The normalized spacial score (nSPS) is 31.6. The van der Waals surface area contributed by atoms with Crippen LogP contribution in [0.3, 0.4) is 0 Å². The van der Waals surface area contributed by atoms with Crippen LogP contribution in [0.1, 0.15) is 6.42 Å². The molecule has 0 saturated carbocycles. The Hall–Kier alpha value is -0.180. The topological polar surface area (TPSA) is 80.8 Å². The third-order valence-corrected chi connectivity index (χ3v) is 7.25. The van der Waals surface area contributed by atoms with E-state index in [4.69, 9.17) is 4.74 Å². The Morgan fingerprint density at radius 1 is 1.19 bits per heavy atom. The van der Waals surface area contributed by atoms with E-state index in [-0.39, 0.29) is 17.9 Å². The molecule has 2 heterocycles. The molecule has 0 bridgehead atoms. The summed E-state index contributed by atoms with van der Waals surface area (Å²) < 4.78 is 53.1. The van der Waals surface area contributed by atoms with Gasteiger partial charge in [0.05, 0.1) is 30.0 Å². The number of ether oxygens (including phenoxy) is 1. The van der Waals surface area contributed by atoms with Gasteiger partial charge in [-0.1, -0.05) is 0 Å². The molecular formula is C8H15NO5S2. The molecular weight excluding hydrogens is 254 g/mol. The molecule has 0 amide bonds. The lowest BCUT2D eigenvalue weighted by atomic mass is 10.4. The summed E-state index contributed by atoms with van der Waals surface area (Å²) in [5, 5.41) is -0.754. The first kappa shape index (κ1) is 12.3. The van der Waals surface area contributed by atoms with Gasteiger partial charge in [0, 0.05) is 13.1 Å². The van der Waals surface area contributed by atoms with Crippen LogP contribution in [0.4, 0.5) is 0 Å². The molecule has 0 radical (unpaired) electrons. The minimum atomic E-state index is -3.46. The highest BCUT2D eigenvalue weighted by atomic mass is 32.2. The smallest absolute Gasteiger partial charge is 0.218 e. The van der Waals surface area contributed by atoms with E-state index in [1.807, 2.05) is 0 Å². The van der Waals surface area contributed by atoms with Crippen LogP contribution in [0.25, 0.3) is 0 Å². The Morgan fingerprint density at radius 2 is 1.81 bits per heavy atom. The van der Waals surface area contributed by atoms with Crippen LogP contribution in [-0.2, 0) is 24.6 Å². The summed E-state index contributed by atoms with van der Waals surface area (Å²) in [6, 6.07) is 0. The highest BCUT2D eigenvalue weighted by Gasteiger charge is 2.40. The molecule has 1 atom stereocenters. The molecule has 6 nitrogen and oxygen atoms in total. The summed E-state index contributed by atoms with van der Waals surface area (Å²) >= 11 is 0. The molecule has 0 spiro atoms. The molecule has 2 rings (SSSR count). The van der Waals surface area contributed by atoms with Gasteiger partial charge >= 0.3 is 0 Å². The lowest BCUT2D eigenvalue weighted by Crippen LogP contribution is -2.45. The second-order valence-electron chi connectivity index (χ2n) is 4.08. The Bertz CT molecular complexity index is 449. The van der Waals surface area contributed by atoms with Crippen LogP contribution >= 0.6 is 0 Å². The van der Waals surface area contributed by atoms with Crippen LogP contribution in [-0.4, -0.2) is 64.2 Å². The van der Waals surface area contributed by atoms with Crippen LogP contribution in [0.2, 0.25) is 0 Å². The number of sulfone groups is 1. The van der Waals surface area contributed by atoms with E-state index in [2.05, 4.69) is 0 Å². The largest absolute Gasteiger partial charge is 0.379 e. The van der Waals surface area contributed by atoms with E-state index in [1.54, 1.807) is 0 Å². The van der Waals surface area contributed by atoms with E-state index < -0.39 is 25.1 Å². The SMILES string of the molecule is O=S1(=O)CCC(S(=O)(=O)N2CCOCC2)C1. The minimum absolute atomic E-state index is 0.0127.